The lowest BCUT2D eigenvalue weighted by molar-refractivity contribution is 0.0708. The first-order chi connectivity index (χ1) is 12.9. The molecule has 0 radical (unpaired) electrons. The molecule has 27 heavy (non-hydrogen) atoms. The Bertz CT molecular complexity index is 916. The van der Waals surface area contributed by atoms with Crippen molar-refractivity contribution in [2.75, 3.05) is 23.4 Å². The highest BCUT2D eigenvalue weighted by Crippen LogP contribution is 2.20. The van der Waals surface area contributed by atoms with Gasteiger partial charge in [-0.25, -0.2) is 17.8 Å². The number of amides is 1. The molecule has 1 aromatic heterocycles. The molecule has 1 saturated heterocycles. The summed E-state index contributed by atoms with van der Waals surface area (Å²) in [6.07, 6.45) is 2.02. The fourth-order valence-electron chi connectivity index (χ4n) is 3.21. The van der Waals surface area contributed by atoms with E-state index in [1.54, 1.807) is 35.4 Å². The second kappa shape index (κ2) is 8.04. The number of hydrogen-bond donors (Lipinski definition) is 1. The zero-order valence-electron chi connectivity index (χ0n) is 15.1. The molecular formula is C19H22FN3O3S. The summed E-state index contributed by atoms with van der Waals surface area (Å²) in [6, 6.07) is 9.12. The van der Waals surface area contributed by atoms with E-state index in [2.05, 4.69) is 10.3 Å². The minimum absolute atomic E-state index is 0.0212. The molecule has 2 aromatic rings. The summed E-state index contributed by atoms with van der Waals surface area (Å²) in [5.74, 6) is 0.181. The summed E-state index contributed by atoms with van der Waals surface area (Å²) in [5.41, 5.74) is 1.35. The maximum Gasteiger partial charge on any atom is 0.254 e. The van der Waals surface area contributed by atoms with E-state index in [4.69, 9.17) is 0 Å². The molecule has 0 saturated carbocycles. The Morgan fingerprint density at radius 2 is 2.04 bits per heavy atom. The van der Waals surface area contributed by atoms with Crippen LogP contribution in [-0.4, -0.2) is 48.3 Å². The Labute approximate surface area is 158 Å². The van der Waals surface area contributed by atoms with Crippen molar-refractivity contribution in [1.29, 1.82) is 0 Å². The third kappa shape index (κ3) is 4.82. The van der Waals surface area contributed by atoms with Crippen LogP contribution in [0.15, 0.2) is 42.6 Å². The Kier molecular flexibility index (Phi) is 5.74. The van der Waals surface area contributed by atoms with Gasteiger partial charge < -0.3 is 10.2 Å². The van der Waals surface area contributed by atoms with Crippen molar-refractivity contribution in [2.45, 2.75) is 25.9 Å². The van der Waals surface area contributed by atoms with Gasteiger partial charge >= 0.3 is 0 Å². The van der Waals surface area contributed by atoms with E-state index in [9.17, 15) is 17.6 Å². The minimum Gasteiger partial charge on any atom is -0.366 e. The molecule has 1 amide bonds. The van der Waals surface area contributed by atoms with E-state index in [0.717, 1.165) is 5.56 Å². The number of benzene rings is 1. The molecule has 1 atom stereocenters. The van der Waals surface area contributed by atoms with Crippen molar-refractivity contribution in [3.63, 3.8) is 0 Å². The Balaban J connectivity index is 1.70. The first-order valence-electron chi connectivity index (χ1n) is 8.84. The lowest BCUT2D eigenvalue weighted by atomic mass is 10.1. The van der Waals surface area contributed by atoms with E-state index >= 15 is 0 Å². The SMILES string of the molecule is CCN(C(=O)c1ccnc(NCc2ccc(F)cc2)c1)C1CCS(=O)(=O)C1. The van der Waals surface area contributed by atoms with Crippen molar-refractivity contribution in [2.24, 2.45) is 0 Å². The standard InChI is InChI=1S/C19H22FN3O3S/c1-2-23(17-8-10-27(25,26)13-17)19(24)15-7-9-21-18(11-15)22-12-14-3-5-16(20)6-4-14/h3-7,9,11,17H,2,8,10,12-13H2,1H3,(H,21,22). The number of sulfone groups is 1. The normalized spacial score (nSPS) is 18.2. The summed E-state index contributed by atoms with van der Waals surface area (Å²) < 4.78 is 36.4. The topological polar surface area (TPSA) is 79.4 Å². The van der Waals surface area contributed by atoms with Gasteiger partial charge in [-0.1, -0.05) is 12.1 Å². The number of nitrogens with one attached hydrogen (secondary N) is 1. The quantitative estimate of drug-likeness (QED) is 0.818. The van der Waals surface area contributed by atoms with Crippen molar-refractivity contribution in [3.05, 3.63) is 59.5 Å². The predicted octanol–water partition coefficient (Wildman–Crippen LogP) is 2.48. The Morgan fingerprint density at radius 3 is 2.67 bits per heavy atom. The van der Waals surface area contributed by atoms with Gasteiger partial charge in [-0.05, 0) is 43.2 Å². The van der Waals surface area contributed by atoms with Crippen molar-refractivity contribution in [3.8, 4) is 0 Å². The molecule has 1 aromatic carbocycles. The van der Waals surface area contributed by atoms with Gasteiger partial charge in [0, 0.05) is 30.9 Å². The minimum atomic E-state index is -3.06. The van der Waals surface area contributed by atoms with Crippen LogP contribution in [0.5, 0.6) is 0 Å². The fraction of sp³-hybridized carbons (Fsp3) is 0.368. The largest absolute Gasteiger partial charge is 0.366 e. The predicted molar refractivity (Wildman–Crippen MR) is 102 cm³/mol. The van der Waals surface area contributed by atoms with E-state index in [-0.39, 0.29) is 29.3 Å². The monoisotopic (exact) mass is 391 g/mol. The fourth-order valence-corrected chi connectivity index (χ4v) is 4.94. The molecule has 8 heteroatoms. The third-order valence-electron chi connectivity index (χ3n) is 4.64. The Hall–Kier alpha value is -2.48. The van der Waals surface area contributed by atoms with Gasteiger partial charge in [0.1, 0.15) is 11.6 Å². The summed E-state index contributed by atoms with van der Waals surface area (Å²) in [4.78, 5) is 18.7. The summed E-state index contributed by atoms with van der Waals surface area (Å²) in [6.45, 7) is 2.74. The first-order valence-corrected chi connectivity index (χ1v) is 10.7. The van der Waals surface area contributed by atoms with Gasteiger partial charge in [0.15, 0.2) is 9.84 Å². The van der Waals surface area contributed by atoms with Gasteiger partial charge in [0.25, 0.3) is 5.91 Å². The summed E-state index contributed by atoms with van der Waals surface area (Å²) in [7, 11) is -3.06. The number of anilines is 1. The van der Waals surface area contributed by atoms with E-state index in [1.807, 2.05) is 6.92 Å². The van der Waals surface area contributed by atoms with Gasteiger partial charge in [-0.3, -0.25) is 4.79 Å². The van der Waals surface area contributed by atoms with E-state index in [1.165, 1.54) is 12.1 Å². The van der Waals surface area contributed by atoms with Crippen LogP contribution >= 0.6 is 0 Å². The molecule has 0 spiro atoms. The highest BCUT2D eigenvalue weighted by atomic mass is 32.2. The van der Waals surface area contributed by atoms with Gasteiger partial charge in [-0.15, -0.1) is 0 Å². The molecule has 2 heterocycles. The molecule has 1 N–H and O–H groups in total. The molecule has 6 nitrogen and oxygen atoms in total. The average molecular weight is 391 g/mol. The van der Waals surface area contributed by atoms with Crippen molar-refractivity contribution < 1.29 is 17.6 Å². The van der Waals surface area contributed by atoms with Gasteiger partial charge in [0.2, 0.25) is 0 Å². The molecular weight excluding hydrogens is 369 g/mol. The molecule has 1 aliphatic rings. The van der Waals surface area contributed by atoms with Crippen molar-refractivity contribution in [1.82, 2.24) is 9.88 Å². The lowest BCUT2D eigenvalue weighted by Gasteiger charge is -2.27. The van der Waals surface area contributed by atoms with Crippen LogP contribution in [0, 0.1) is 5.82 Å². The van der Waals surface area contributed by atoms with Crippen LogP contribution in [-0.2, 0) is 16.4 Å². The van der Waals surface area contributed by atoms with Gasteiger partial charge in [-0.2, -0.15) is 0 Å². The highest BCUT2D eigenvalue weighted by molar-refractivity contribution is 7.91. The smallest absolute Gasteiger partial charge is 0.254 e. The zero-order chi connectivity index (χ0) is 19.4. The summed E-state index contributed by atoms with van der Waals surface area (Å²) in [5, 5.41) is 3.12. The van der Waals surface area contributed by atoms with Crippen LogP contribution in [0.25, 0.3) is 0 Å². The molecule has 3 rings (SSSR count). The molecule has 1 aliphatic heterocycles. The number of aromatic nitrogens is 1. The van der Waals surface area contributed by atoms with Crippen molar-refractivity contribution >= 4 is 21.6 Å². The van der Waals surface area contributed by atoms with E-state index in [0.29, 0.717) is 30.9 Å². The molecule has 144 valence electrons. The summed E-state index contributed by atoms with van der Waals surface area (Å²) >= 11 is 0. The van der Waals surface area contributed by atoms with Gasteiger partial charge in [0.05, 0.1) is 11.5 Å². The number of halogens is 1. The zero-order valence-corrected chi connectivity index (χ0v) is 15.9. The number of rotatable bonds is 6. The number of carbonyl (C=O) groups is 1. The van der Waals surface area contributed by atoms with Crippen LogP contribution in [0.3, 0.4) is 0 Å². The van der Waals surface area contributed by atoms with Crippen LogP contribution in [0.2, 0.25) is 0 Å². The number of hydrogen-bond acceptors (Lipinski definition) is 5. The lowest BCUT2D eigenvalue weighted by Crippen LogP contribution is -2.41. The van der Waals surface area contributed by atoms with Crippen LogP contribution in [0.4, 0.5) is 10.2 Å². The number of nitrogens with zero attached hydrogens (tertiary/aromatic N) is 2. The molecule has 1 fully saturated rings. The molecule has 0 aliphatic carbocycles. The maximum absolute atomic E-state index is 13.0. The maximum atomic E-state index is 13.0. The first kappa shape index (κ1) is 19.3. The highest BCUT2D eigenvalue weighted by Gasteiger charge is 2.34. The molecule has 0 bridgehead atoms. The van der Waals surface area contributed by atoms with Crippen LogP contribution < -0.4 is 5.32 Å². The third-order valence-corrected chi connectivity index (χ3v) is 6.39. The van der Waals surface area contributed by atoms with E-state index < -0.39 is 9.84 Å². The second-order valence-electron chi connectivity index (χ2n) is 6.56. The number of carbonyl (C=O) groups excluding carboxylic acids is 1. The second-order valence-corrected chi connectivity index (χ2v) is 8.79. The Morgan fingerprint density at radius 1 is 1.30 bits per heavy atom. The molecule has 1 unspecified atom stereocenters. The van der Waals surface area contributed by atoms with Crippen LogP contribution in [0.1, 0.15) is 29.3 Å². The average Bonchev–Trinajstić information content (AvgIpc) is 3.01. The number of pyridine rings is 1.